The van der Waals surface area contributed by atoms with Crippen molar-refractivity contribution in [1.29, 1.82) is 0 Å². The van der Waals surface area contributed by atoms with E-state index in [1.165, 1.54) is 82.6 Å². The Hall–Kier alpha value is -8.72. The molecular formula is C64H44N2. The van der Waals surface area contributed by atoms with Gasteiger partial charge in [0.2, 0.25) is 0 Å². The highest BCUT2D eigenvalue weighted by molar-refractivity contribution is 6.17. The molecule has 0 radical (unpaired) electrons. The second-order valence-corrected chi connectivity index (χ2v) is 16.9. The number of hydrogen-bond donors (Lipinski definition) is 0. The summed E-state index contributed by atoms with van der Waals surface area (Å²) < 4.78 is 2.45. The molecule has 12 rings (SSSR count). The maximum Gasteiger partial charge on any atom is 0.0547 e. The van der Waals surface area contributed by atoms with Crippen molar-refractivity contribution >= 4 is 49.6 Å². The second-order valence-electron chi connectivity index (χ2n) is 16.9. The van der Waals surface area contributed by atoms with Gasteiger partial charge in [-0.15, -0.1) is 0 Å². The van der Waals surface area contributed by atoms with Crippen LogP contribution in [0.1, 0.15) is 0 Å². The molecule has 310 valence electrons. The third kappa shape index (κ3) is 6.93. The zero-order chi connectivity index (χ0) is 43.8. The Kier molecular flexibility index (Phi) is 9.89. The van der Waals surface area contributed by atoms with Gasteiger partial charge in [-0.05, 0) is 104 Å². The van der Waals surface area contributed by atoms with E-state index in [4.69, 9.17) is 0 Å². The normalized spacial score (nSPS) is 11.3. The fraction of sp³-hybridized carbons (Fsp3) is 0. The van der Waals surface area contributed by atoms with Gasteiger partial charge in [-0.25, -0.2) is 0 Å². The lowest BCUT2D eigenvalue weighted by atomic mass is 9.95. The van der Waals surface area contributed by atoms with Crippen LogP contribution in [-0.4, -0.2) is 4.57 Å². The Balaban J connectivity index is 1.01. The molecule has 0 bridgehead atoms. The minimum Gasteiger partial charge on any atom is -0.310 e. The molecule has 0 fully saturated rings. The molecule has 0 saturated heterocycles. The van der Waals surface area contributed by atoms with Gasteiger partial charge in [0.15, 0.2) is 0 Å². The zero-order valence-corrected chi connectivity index (χ0v) is 36.3. The van der Waals surface area contributed by atoms with Crippen molar-refractivity contribution in [3.63, 3.8) is 0 Å². The van der Waals surface area contributed by atoms with Gasteiger partial charge in [-0.1, -0.05) is 218 Å². The highest BCUT2D eigenvalue weighted by Crippen LogP contribution is 2.47. The van der Waals surface area contributed by atoms with Gasteiger partial charge < -0.3 is 9.47 Å². The largest absolute Gasteiger partial charge is 0.310 e. The number of nitrogens with zero attached hydrogens (tertiary/aromatic N) is 2. The summed E-state index contributed by atoms with van der Waals surface area (Å²) >= 11 is 0. The number of para-hydroxylation sites is 3. The van der Waals surface area contributed by atoms with Gasteiger partial charge in [0.05, 0.1) is 22.4 Å². The number of hydrogen-bond acceptors (Lipinski definition) is 1. The van der Waals surface area contributed by atoms with E-state index in [-0.39, 0.29) is 0 Å². The molecule has 12 aromatic rings. The number of benzene rings is 11. The lowest BCUT2D eigenvalue weighted by molar-refractivity contribution is 1.18. The van der Waals surface area contributed by atoms with Crippen molar-refractivity contribution in [1.82, 2.24) is 4.57 Å². The fourth-order valence-electron chi connectivity index (χ4n) is 9.93. The second kappa shape index (κ2) is 16.8. The molecule has 0 saturated carbocycles. The SMILES string of the molecule is c1ccc(-c2cccc(N(c3ccc(-c4ccc(-c5cccc6ccccc56)cc4)cc3)c3ccccc3-c3cccc4c3c3ccccc3n4-c3ccccc3-c3ccccc3)c2)cc1. The van der Waals surface area contributed by atoms with Crippen LogP contribution < -0.4 is 4.90 Å². The maximum atomic E-state index is 2.45. The van der Waals surface area contributed by atoms with Crippen LogP contribution in [0.4, 0.5) is 17.1 Å². The first-order valence-corrected chi connectivity index (χ1v) is 22.7. The molecule has 0 N–H and O–H groups in total. The Labute approximate surface area is 385 Å². The van der Waals surface area contributed by atoms with E-state index in [2.05, 4.69) is 276 Å². The van der Waals surface area contributed by atoms with Crippen LogP contribution in [0.15, 0.2) is 267 Å². The van der Waals surface area contributed by atoms with Gasteiger partial charge in [0.25, 0.3) is 0 Å². The summed E-state index contributed by atoms with van der Waals surface area (Å²) in [5.41, 5.74) is 18.7. The number of aromatic nitrogens is 1. The predicted molar refractivity (Wildman–Crippen MR) is 280 cm³/mol. The minimum atomic E-state index is 1.08. The van der Waals surface area contributed by atoms with Crippen molar-refractivity contribution in [2.45, 2.75) is 0 Å². The lowest BCUT2D eigenvalue weighted by Gasteiger charge is -2.28. The molecule has 0 amide bonds. The average Bonchev–Trinajstić information content (AvgIpc) is 3.74. The molecule has 0 unspecified atom stereocenters. The predicted octanol–water partition coefficient (Wildman–Crippen LogP) is 17.7. The molecule has 0 aliphatic heterocycles. The monoisotopic (exact) mass is 840 g/mol. The quantitative estimate of drug-likeness (QED) is 0.141. The van der Waals surface area contributed by atoms with E-state index in [1.807, 2.05) is 0 Å². The van der Waals surface area contributed by atoms with Gasteiger partial charge in [0, 0.05) is 33.3 Å². The van der Waals surface area contributed by atoms with Crippen LogP contribution in [0.2, 0.25) is 0 Å². The van der Waals surface area contributed by atoms with Crippen molar-refractivity contribution in [2.75, 3.05) is 4.90 Å². The fourth-order valence-corrected chi connectivity index (χ4v) is 9.93. The highest BCUT2D eigenvalue weighted by Gasteiger charge is 2.23. The van der Waals surface area contributed by atoms with Gasteiger partial charge >= 0.3 is 0 Å². The molecule has 2 heteroatoms. The molecular weight excluding hydrogens is 797 g/mol. The topological polar surface area (TPSA) is 8.17 Å². The summed E-state index contributed by atoms with van der Waals surface area (Å²) in [6.45, 7) is 0. The van der Waals surface area contributed by atoms with Crippen LogP contribution in [0.5, 0.6) is 0 Å². The third-order valence-electron chi connectivity index (χ3n) is 13.0. The van der Waals surface area contributed by atoms with E-state index in [0.29, 0.717) is 0 Å². The van der Waals surface area contributed by atoms with Crippen LogP contribution in [-0.2, 0) is 0 Å². The molecule has 1 aromatic heterocycles. The third-order valence-corrected chi connectivity index (χ3v) is 13.0. The molecule has 0 aliphatic rings. The van der Waals surface area contributed by atoms with Crippen molar-refractivity contribution in [2.24, 2.45) is 0 Å². The van der Waals surface area contributed by atoms with E-state index in [1.54, 1.807) is 0 Å². The molecule has 66 heavy (non-hydrogen) atoms. The van der Waals surface area contributed by atoms with E-state index in [0.717, 1.165) is 28.3 Å². The van der Waals surface area contributed by atoms with Crippen LogP contribution in [0.3, 0.4) is 0 Å². The van der Waals surface area contributed by atoms with Crippen LogP contribution >= 0.6 is 0 Å². The summed E-state index contributed by atoms with van der Waals surface area (Å²) in [6, 6.07) is 96.8. The summed E-state index contributed by atoms with van der Waals surface area (Å²) in [6.07, 6.45) is 0. The van der Waals surface area contributed by atoms with Gasteiger partial charge in [0.1, 0.15) is 0 Å². The Bertz CT molecular complexity index is 3670. The zero-order valence-electron chi connectivity index (χ0n) is 36.3. The van der Waals surface area contributed by atoms with Crippen molar-refractivity contribution in [3.8, 4) is 61.3 Å². The van der Waals surface area contributed by atoms with Gasteiger partial charge in [-0.2, -0.15) is 0 Å². The average molecular weight is 841 g/mol. The Morgan fingerprint density at radius 2 is 0.773 bits per heavy atom. The van der Waals surface area contributed by atoms with Crippen LogP contribution in [0, 0.1) is 0 Å². The summed E-state index contributed by atoms with van der Waals surface area (Å²) in [5, 5.41) is 4.96. The summed E-state index contributed by atoms with van der Waals surface area (Å²) in [5.74, 6) is 0. The highest BCUT2D eigenvalue weighted by atomic mass is 15.1. The number of rotatable bonds is 9. The molecule has 0 atom stereocenters. The van der Waals surface area contributed by atoms with Crippen molar-refractivity contribution < 1.29 is 0 Å². The molecule has 2 nitrogen and oxygen atoms in total. The first-order chi connectivity index (χ1) is 32.8. The Morgan fingerprint density at radius 3 is 1.58 bits per heavy atom. The van der Waals surface area contributed by atoms with Crippen LogP contribution in [0.25, 0.3) is 93.9 Å². The molecule has 11 aromatic carbocycles. The van der Waals surface area contributed by atoms with Crippen molar-refractivity contribution in [3.05, 3.63) is 267 Å². The first kappa shape index (κ1) is 38.9. The minimum absolute atomic E-state index is 1.08. The Morgan fingerprint density at radius 1 is 0.273 bits per heavy atom. The number of anilines is 3. The standard InChI is InChI=1S/C64H44N2/c1-3-18-45(19-4-1)51-24-15-25-53(44-51)65(52-42-40-47(41-43-52)46-36-38-50(39-37-46)55-30-16-23-48-22-7-8-26-54(48)55)61-33-13-10-28-57(61)58-31-17-35-63-64(58)59-29-11-14-34-62(59)66(63)60-32-12-9-27-56(60)49-20-5-2-6-21-49/h1-44H. The maximum absolute atomic E-state index is 2.45. The van der Waals surface area contributed by atoms with Gasteiger partial charge in [-0.3, -0.25) is 0 Å². The molecule has 0 spiro atoms. The number of fused-ring (bicyclic) bond motifs is 4. The smallest absolute Gasteiger partial charge is 0.0547 e. The van der Waals surface area contributed by atoms with E-state index >= 15 is 0 Å². The molecule has 1 heterocycles. The summed E-state index contributed by atoms with van der Waals surface area (Å²) in [4.78, 5) is 2.43. The molecule has 0 aliphatic carbocycles. The first-order valence-electron chi connectivity index (χ1n) is 22.7. The lowest BCUT2D eigenvalue weighted by Crippen LogP contribution is -2.11. The summed E-state index contributed by atoms with van der Waals surface area (Å²) in [7, 11) is 0. The van der Waals surface area contributed by atoms with E-state index < -0.39 is 0 Å². The van der Waals surface area contributed by atoms with E-state index in [9.17, 15) is 0 Å².